The SMILES string of the molecule is CCN(c1ccc(C)cc1)c1cc(F)c(C(=O)O)cc1N. The Morgan fingerprint density at radius 1 is 1.29 bits per heavy atom. The van der Waals surface area contributed by atoms with Crippen molar-refractivity contribution >= 4 is 23.0 Å². The fraction of sp³-hybridized carbons (Fsp3) is 0.188. The highest BCUT2D eigenvalue weighted by atomic mass is 19.1. The Balaban J connectivity index is 2.50. The molecule has 3 N–H and O–H groups in total. The van der Waals surface area contributed by atoms with Crippen molar-refractivity contribution in [2.24, 2.45) is 0 Å². The van der Waals surface area contributed by atoms with Gasteiger partial charge in [-0.05, 0) is 32.0 Å². The number of carbonyl (C=O) groups is 1. The van der Waals surface area contributed by atoms with Crippen LogP contribution in [0.25, 0.3) is 0 Å². The van der Waals surface area contributed by atoms with Gasteiger partial charge in [-0.25, -0.2) is 9.18 Å². The van der Waals surface area contributed by atoms with E-state index in [0.29, 0.717) is 12.2 Å². The maximum Gasteiger partial charge on any atom is 0.338 e. The lowest BCUT2D eigenvalue weighted by Gasteiger charge is -2.25. The first-order chi connectivity index (χ1) is 9.93. The molecule has 110 valence electrons. The molecule has 0 heterocycles. The summed E-state index contributed by atoms with van der Waals surface area (Å²) in [6.45, 7) is 4.48. The first-order valence-corrected chi connectivity index (χ1v) is 6.60. The number of aryl methyl sites for hydroxylation is 1. The van der Waals surface area contributed by atoms with Crippen LogP contribution in [0, 0.1) is 12.7 Å². The number of nitrogens with zero attached hydrogens (tertiary/aromatic N) is 1. The lowest BCUT2D eigenvalue weighted by Crippen LogP contribution is -2.18. The van der Waals surface area contributed by atoms with Crippen molar-refractivity contribution in [2.75, 3.05) is 17.2 Å². The highest BCUT2D eigenvalue weighted by Crippen LogP contribution is 2.32. The molecule has 4 nitrogen and oxygen atoms in total. The highest BCUT2D eigenvalue weighted by Gasteiger charge is 2.17. The molecule has 0 spiro atoms. The molecule has 0 fully saturated rings. The Morgan fingerprint density at radius 3 is 2.43 bits per heavy atom. The van der Waals surface area contributed by atoms with Crippen LogP contribution < -0.4 is 10.6 Å². The maximum atomic E-state index is 13.9. The van der Waals surface area contributed by atoms with E-state index in [1.54, 1.807) is 0 Å². The second-order valence-corrected chi connectivity index (χ2v) is 4.78. The summed E-state index contributed by atoms with van der Waals surface area (Å²) >= 11 is 0. The largest absolute Gasteiger partial charge is 0.478 e. The number of nitrogen functional groups attached to an aromatic ring is 1. The molecule has 0 aliphatic rings. The minimum atomic E-state index is -1.33. The van der Waals surface area contributed by atoms with Crippen LogP contribution >= 0.6 is 0 Å². The Bertz CT molecular complexity index is 669. The molecule has 0 atom stereocenters. The molecular formula is C16H17FN2O2. The van der Waals surface area contributed by atoms with Gasteiger partial charge in [0.25, 0.3) is 0 Å². The monoisotopic (exact) mass is 288 g/mol. The number of hydrogen-bond donors (Lipinski definition) is 2. The van der Waals surface area contributed by atoms with E-state index in [1.165, 1.54) is 6.07 Å². The van der Waals surface area contributed by atoms with E-state index in [0.717, 1.165) is 17.3 Å². The molecule has 0 aromatic heterocycles. The fourth-order valence-corrected chi connectivity index (χ4v) is 2.19. The smallest absolute Gasteiger partial charge is 0.338 e. The summed E-state index contributed by atoms with van der Waals surface area (Å²) in [5.74, 6) is -2.12. The van der Waals surface area contributed by atoms with Crippen LogP contribution in [0.2, 0.25) is 0 Å². The first-order valence-electron chi connectivity index (χ1n) is 6.60. The number of rotatable bonds is 4. The van der Waals surface area contributed by atoms with Gasteiger partial charge in [0, 0.05) is 18.3 Å². The Morgan fingerprint density at radius 2 is 1.90 bits per heavy atom. The number of halogens is 1. The summed E-state index contributed by atoms with van der Waals surface area (Å²) in [5.41, 5.74) is 8.17. The lowest BCUT2D eigenvalue weighted by atomic mass is 10.1. The van der Waals surface area contributed by atoms with E-state index in [1.807, 2.05) is 43.0 Å². The van der Waals surface area contributed by atoms with Gasteiger partial charge in [-0.2, -0.15) is 0 Å². The third-order valence-corrected chi connectivity index (χ3v) is 3.30. The van der Waals surface area contributed by atoms with Gasteiger partial charge in [-0.1, -0.05) is 17.7 Å². The Labute approximate surface area is 122 Å². The zero-order valence-corrected chi connectivity index (χ0v) is 11.9. The van der Waals surface area contributed by atoms with Gasteiger partial charge < -0.3 is 15.7 Å². The van der Waals surface area contributed by atoms with Gasteiger partial charge in [0.2, 0.25) is 0 Å². The molecule has 5 heteroatoms. The second-order valence-electron chi connectivity index (χ2n) is 4.78. The quantitative estimate of drug-likeness (QED) is 0.844. The van der Waals surface area contributed by atoms with Crippen LogP contribution in [0.5, 0.6) is 0 Å². The highest BCUT2D eigenvalue weighted by molar-refractivity contribution is 5.91. The average molecular weight is 288 g/mol. The predicted molar refractivity (Wildman–Crippen MR) is 81.6 cm³/mol. The summed E-state index contributed by atoms with van der Waals surface area (Å²) in [6, 6.07) is 10.1. The van der Waals surface area contributed by atoms with E-state index < -0.39 is 17.3 Å². The Kier molecular flexibility index (Phi) is 4.12. The molecule has 0 unspecified atom stereocenters. The van der Waals surface area contributed by atoms with E-state index in [9.17, 15) is 9.18 Å². The molecule has 0 saturated carbocycles. The van der Waals surface area contributed by atoms with Crippen LogP contribution in [0.15, 0.2) is 36.4 Å². The van der Waals surface area contributed by atoms with Crippen molar-refractivity contribution in [3.8, 4) is 0 Å². The molecule has 2 aromatic carbocycles. The third-order valence-electron chi connectivity index (χ3n) is 3.30. The summed E-state index contributed by atoms with van der Waals surface area (Å²) in [4.78, 5) is 12.8. The van der Waals surface area contributed by atoms with Crippen molar-refractivity contribution in [3.05, 3.63) is 53.3 Å². The van der Waals surface area contributed by atoms with E-state index >= 15 is 0 Å². The number of hydrogen-bond acceptors (Lipinski definition) is 3. The van der Waals surface area contributed by atoms with Gasteiger partial charge in [-0.3, -0.25) is 0 Å². The molecule has 21 heavy (non-hydrogen) atoms. The maximum absolute atomic E-state index is 13.9. The predicted octanol–water partition coefficient (Wildman–Crippen LogP) is 3.57. The van der Waals surface area contributed by atoms with E-state index in [2.05, 4.69) is 0 Å². The van der Waals surface area contributed by atoms with Gasteiger partial charge >= 0.3 is 5.97 Å². The Hall–Kier alpha value is -2.56. The number of carboxylic acid groups (broad SMARTS) is 1. The van der Waals surface area contributed by atoms with Crippen LogP contribution in [-0.4, -0.2) is 17.6 Å². The lowest BCUT2D eigenvalue weighted by molar-refractivity contribution is 0.0692. The number of anilines is 3. The van der Waals surface area contributed by atoms with Crippen LogP contribution in [0.1, 0.15) is 22.8 Å². The van der Waals surface area contributed by atoms with Crippen LogP contribution in [0.4, 0.5) is 21.5 Å². The standard InChI is InChI=1S/C16H17FN2O2/c1-3-19(11-6-4-10(2)5-7-11)15-9-13(17)12(16(20)21)8-14(15)18/h4-9H,3,18H2,1-2H3,(H,20,21). The van der Waals surface area contributed by atoms with Crippen molar-refractivity contribution < 1.29 is 14.3 Å². The minimum absolute atomic E-state index is 0.233. The fourth-order valence-electron chi connectivity index (χ4n) is 2.19. The molecule has 0 aliphatic heterocycles. The number of benzene rings is 2. The van der Waals surface area contributed by atoms with Crippen LogP contribution in [0.3, 0.4) is 0 Å². The molecule has 0 radical (unpaired) electrons. The van der Waals surface area contributed by atoms with Crippen molar-refractivity contribution in [3.63, 3.8) is 0 Å². The molecular weight excluding hydrogens is 271 g/mol. The van der Waals surface area contributed by atoms with Crippen molar-refractivity contribution in [1.29, 1.82) is 0 Å². The molecule has 2 aromatic rings. The van der Waals surface area contributed by atoms with Gasteiger partial charge in [0.15, 0.2) is 0 Å². The van der Waals surface area contributed by atoms with Gasteiger partial charge in [0.1, 0.15) is 5.82 Å². The van der Waals surface area contributed by atoms with E-state index in [-0.39, 0.29) is 5.69 Å². The van der Waals surface area contributed by atoms with Crippen molar-refractivity contribution in [2.45, 2.75) is 13.8 Å². The van der Waals surface area contributed by atoms with Crippen molar-refractivity contribution in [1.82, 2.24) is 0 Å². The molecule has 0 amide bonds. The normalized spacial score (nSPS) is 10.4. The summed E-state index contributed by atoms with van der Waals surface area (Å²) < 4.78 is 13.9. The van der Waals surface area contributed by atoms with Gasteiger partial charge in [-0.15, -0.1) is 0 Å². The number of aromatic carboxylic acids is 1. The molecule has 0 aliphatic carbocycles. The number of carboxylic acids is 1. The van der Waals surface area contributed by atoms with Crippen LogP contribution in [-0.2, 0) is 0 Å². The minimum Gasteiger partial charge on any atom is -0.478 e. The van der Waals surface area contributed by atoms with E-state index in [4.69, 9.17) is 10.8 Å². The average Bonchev–Trinajstić information content (AvgIpc) is 2.44. The summed E-state index contributed by atoms with van der Waals surface area (Å²) in [5, 5.41) is 8.92. The van der Waals surface area contributed by atoms with Gasteiger partial charge in [0.05, 0.1) is 16.9 Å². The zero-order chi connectivity index (χ0) is 15.6. The zero-order valence-electron chi connectivity index (χ0n) is 11.9. The summed E-state index contributed by atoms with van der Waals surface area (Å²) in [7, 11) is 0. The second kappa shape index (κ2) is 5.83. The molecule has 0 bridgehead atoms. The number of nitrogens with two attached hydrogens (primary N) is 1. The third kappa shape index (κ3) is 2.97. The summed E-state index contributed by atoms with van der Waals surface area (Å²) in [6.07, 6.45) is 0. The molecule has 0 saturated heterocycles. The first kappa shape index (κ1) is 14.8. The topological polar surface area (TPSA) is 66.6 Å². The molecule has 2 rings (SSSR count).